The summed E-state index contributed by atoms with van der Waals surface area (Å²) in [5.74, 6) is 0.762. The first-order chi connectivity index (χ1) is 7.03. The number of ether oxygens (including phenoxy) is 1. The molecule has 0 fully saturated rings. The van der Waals surface area contributed by atoms with E-state index >= 15 is 0 Å². The summed E-state index contributed by atoms with van der Waals surface area (Å²) in [6.07, 6.45) is 0.906. The highest BCUT2D eigenvalue weighted by Crippen LogP contribution is 2.38. The Morgan fingerprint density at radius 1 is 1.40 bits per heavy atom. The average molecular weight is 228 g/mol. The maximum atomic E-state index is 6.08. The second-order valence-electron chi connectivity index (χ2n) is 4.24. The van der Waals surface area contributed by atoms with Crippen LogP contribution in [0.15, 0.2) is 18.2 Å². The van der Waals surface area contributed by atoms with E-state index < -0.39 is 0 Å². The van der Waals surface area contributed by atoms with E-state index in [1.807, 2.05) is 18.2 Å². The first kappa shape index (κ1) is 12.3. The van der Waals surface area contributed by atoms with Gasteiger partial charge in [-0.1, -0.05) is 37.6 Å². The summed E-state index contributed by atoms with van der Waals surface area (Å²) in [7, 11) is 1.64. The highest BCUT2D eigenvalue weighted by molar-refractivity contribution is 6.32. The Bertz CT molecular complexity index is 336. The van der Waals surface area contributed by atoms with E-state index in [4.69, 9.17) is 22.1 Å². The minimum atomic E-state index is -0.00894. The fourth-order valence-corrected chi connectivity index (χ4v) is 2.00. The van der Waals surface area contributed by atoms with Crippen LogP contribution in [0.3, 0.4) is 0 Å². The summed E-state index contributed by atoms with van der Waals surface area (Å²) in [6, 6.07) is 5.82. The standard InChI is InChI=1S/C12H18ClNO/c1-12(2,7-8-14)9-5-4-6-10(13)11(9)15-3/h4-6H,7-8,14H2,1-3H3. The topological polar surface area (TPSA) is 35.2 Å². The fraction of sp³-hybridized carbons (Fsp3) is 0.500. The van der Waals surface area contributed by atoms with Crippen LogP contribution < -0.4 is 10.5 Å². The molecule has 0 aromatic heterocycles. The van der Waals surface area contributed by atoms with Crippen molar-refractivity contribution in [3.63, 3.8) is 0 Å². The van der Waals surface area contributed by atoms with Gasteiger partial charge in [-0.15, -0.1) is 0 Å². The van der Waals surface area contributed by atoms with Gasteiger partial charge in [0.15, 0.2) is 0 Å². The molecule has 84 valence electrons. The van der Waals surface area contributed by atoms with Crippen molar-refractivity contribution in [3.8, 4) is 5.75 Å². The minimum Gasteiger partial charge on any atom is -0.495 e. The average Bonchev–Trinajstić information content (AvgIpc) is 2.17. The summed E-state index contributed by atoms with van der Waals surface area (Å²) in [6.45, 7) is 4.95. The maximum absolute atomic E-state index is 6.08. The lowest BCUT2D eigenvalue weighted by atomic mass is 9.81. The van der Waals surface area contributed by atoms with Gasteiger partial charge < -0.3 is 10.5 Å². The van der Waals surface area contributed by atoms with Gasteiger partial charge >= 0.3 is 0 Å². The van der Waals surface area contributed by atoms with Crippen LogP contribution in [0.4, 0.5) is 0 Å². The lowest BCUT2D eigenvalue weighted by molar-refractivity contribution is 0.387. The van der Waals surface area contributed by atoms with E-state index in [9.17, 15) is 0 Å². The van der Waals surface area contributed by atoms with Gasteiger partial charge in [0.25, 0.3) is 0 Å². The van der Waals surface area contributed by atoms with Crippen molar-refractivity contribution in [2.45, 2.75) is 25.7 Å². The van der Waals surface area contributed by atoms with Gasteiger partial charge in [0.05, 0.1) is 12.1 Å². The molecule has 0 spiro atoms. The van der Waals surface area contributed by atoms with Gasteiger partial charge in [-0.2, -0.15) is 0 Å². The molecule has 1 rings (SSSR count). The number of benzene rings is 1. The predicted octanol–water partition coefficient (Wildman–Crippen LogP) is 2.98. The van der Waals surface area contributed by atoms with E-state index in [1.54, 1.807) is 7.11 Å². The number of rotatable bonds is 4. The molecule has 0 atom stereocenters. The Morgan fingerprint density at radius 3 is 2.60 bits per heavy atom. The van der Waals surface area contributed by atoms with Crippen LogP contribution in [0.1, 0.15) is 25.8 Å². The molecule has 2 N–H and O–H groups in total. The molecule has 0 saturated heterocycles. The Balaban J connectivity index is 3.18. The maximum Gasteiger partial charge on any atom is 0.141 e. The first-order valence-corrected chi connectivity index (χ1v) is 5.44. The molecule has 0 heterocycles. The quantitative estimate of drug-likeness (QED) is 0.859. The summed E-state index contributed by atoms with van der Waals surface area (Å²) >= 11 is 6.08. The molecular formula is C12H18ClNO. The minimum absolute atomic E-state index is 0.00894. The van der Waals surface area contributed by atoms with E-state index in [-0.39, 0.29) is 5.41 Å². The molecule has 0 aliphatic carbocycles. The number of hydrogen-bond acceptors (Lipinski definition) is 2. The van der Waals surface area contributed by atoms with Crippen LogP contribution in [0.2, 0.25) is 5.02 Å². The molecule has 1 aromatic rings. The van der Waals surface area contributed by atoms with Crippen LogP contribution in [0.5, 0.6) is 5.75 Å². The van der Waals surface area contributed by atoms with Crippen LogP contribution in [-0.2, 0) is 5.41 Å². The zero-order valence-electron chi connectivity index (χ0n) is 9.51. The smallest absolute Gasteiger partial charge is 0.141 e. The molecule has 1 aromatic carbocycles. The Kier molecular flexibility index (Phi) is 4.00. The van der Waals surface area contributed by atoms with Gasteiger partial charge in [0, 0.05) is 5.56 Å². The second kappa shape index (κ2) is 4.86. The molecule has 3 heteroatoms. The Labute approximate surface area is 96.4 Å². The Hall–Kier alpha value is -0.730. The molecule has 0 aliphatic heterocycles. The zero-order chi connectivity index (χ0) is 11.5. The van der Waals surface area contributed by atoms with Crippen molar-refractivity contribution in [1.82, 2.24) is 0 Å². The molecule has 0 unspecified atom stereocenters. The summed E-state index contributed by atoms with van der Waals surface area (Å²) in [5.41, 5.74) is 6.71. The molecule has 0 aliphatic rings. The lowest BCUT2D eigenvalue weighted by Gasteiger charge is -2.27. The number of hydrogen-bond donors (Lipinski definition) is 1. The van der Waals surface area contributed by atoms with Gasteiger partial charge in [0.2, 0.25) is 0 Å². The predicted molar refractivity (Wildman–Crippen MR) is 64.7 cm³/mol. The van der Waals surface area contributed by atoms with E-state index in [0.29, 0.717) is 11.6 Å². The van der Waals surface area contributed by atoms with Gasteiger partial charge in [-0.05, 0) is 24.4 Å². The van der Waals surface area contributed by atoms with Crippen LogP contribution in [-0.4, -0.2) is 13.7 Å². The molecule has 0 amide bonds. The summed E-state index contributed by atoms with van der Waals surface area (Å²) in [4.78, 5) is 0. The third-order valence-corrected chi connectivity index (χ3v) is 2.97. The van der Waals surface area contributed by atoms with Crippen molar-refractivity contribution < 1.29 is 4.74 Å². The summed E-state index contributed by atoms with van der Waals surface area (Å²) < 4.78 is 5.34. The van der Waals surface area contributed by atoms with Crippen LogP contribution >= 0.6 is 11.6 Å². The number of halogens is 1. The molecular weight excluding hydrogens is 210 g/mol. The lowest BCUT2D eigenvalue weighted by Crippen LogP contribution is -2.22. The zero-order valence-corrected chi connectivity index (χ0v) is 10.3. The van der Waals surface area contributed by atoms with Gasteiger partial charge in [-0.25, -0.2) is 0 Å². The summed E-state index contributed by atoms with van der Waals surface area (Å²) in [5, 5.41) is 0.653. The number of nitrogens with two attached hydrogens (primary N) is 1. The Morgan fingerprint density at radius 2 is 2.07 bits per heavy atom. The molecule has 0 radical (unpaired) electrons. The fourth-order valence-electron chi connectivity index (χ4n) is 1.74. The molecule has 0 bridgehead atoms. The van der Waals surface area contributed by atoms with Crippen molar-refractivity contribution in [2.75, 3.05) is 13.7 Å². The van der Waals surface area contributed by atoms with E-state index in [1.165, 1.54) is 0 Å². The third-order valence-electron chi connectivity index (χ3n) is 2.67. The van der Waals surface area contributed by atoms with E-state index in [0.717, 1.165) is 17.7 Å². The highest BCUT2D eigenvalue weighted by atomic mass is 35.5. The monoisotopic (exact) mass is 227 g/mol. The number of methoxy groups -OCH3 is 1. The van der Waals surface area contributed by atoms with E-state index in [2.05, 4.69) is 13.8 Å². The highest BCUT2D eigenvalue weighted by Gasteiger charge is 2.24. The number of para-hydroxylation sites is 1. The van der Waals surface area contributed by atoms with Crippen molar-refractivity contribution >= 4 is 11.6 Å². The normalized spacial score (nSPS) is 11.5. The van der Waals surface area contributed by atoms with Crippen molar-refractivity contribution in [1.29, 1.82) is 0 Å². The van der Waals surface area contributed by atoms with Crippen LogP contribution in [0.25, 0.3) is 0 Å². The molecule has 0 saturated carbocycles. The van der Waals surface area contributed by atoms with Crippen LogP contribution in [0, 0.1) is 0 Å². The molecule has 2 nitrogen and oxygen atoms in total. The van der Waals surface area contributed by atoms with Gasteiger partial charge in [0.1, 0.15) is 5.75 Å². The first-order valence-electron chi connectivity index (χ1n) is 5.06. The van der Waals surface area contributed by atoms with Crippen molar-refractivity contribution in [3.05, 3.63) is 28.8 Å². The SMILES string of the molecule is COc1c(Cl)cccc1C(C)(C)CCN. The van der Waals surface area contributed by atoms with Gasteiger partial charge in [-0.3, -0.25) is 0 Å². The molecule has 15 heavy (non-hydrogen) atoms. The van der Waals surface area contributed by atoms with Crippen molar-refractivity contribution in [2.24, 2.45) is 5.73 Å². The largest absolute Gasteiger partial charge is 0.495 e. The second-order valence-corrected chi connectivity index (χ2v) is 4.65. The third kappa shape index (κ3) is 2.64.